The minimum atomic E-state index is -0.243. The van der Waals surface area contributed by atoms with Crippen molar-refractivity contribution in [1.82, 2.24) is 5.32 Å². The van der Waals surface area contributed by atoms with Crippen molar-refractivity contribution in [1.29, 1.82) is 5.41 Å². The van der Waals surface area contributed by atoms with Gasteiger partial charge in [-0.2, -0.15) is 0 Å². The Balaban J connectivity index is 0.000000666. The number of nitrogens with two attached hydrogens (primary N) is 2. The summed E-state index contributed by atoms with van der Waals surface area (Å²) in [7, 11) is 2.60. The monoisotopic (exact) mass is 658 g/mol. The number of aliphatic imine (C=N–C) groups is 1. The Hall–Kier alpha value is -4.56. The molecule has 0 aliphatic heterocycles. The van der Waals surface area contributed by atoms with Gasteiger partial charge in [-0.15, -0.1) is 0 Å². The van der Waals surface area contributed by atoms with E-state index in [1.165, 1.54) is 24.7 Å². The fourth-order valence-electron chi connectivity index (χ4n) is 3.76. The summed E-state index contributed by atoms with van der Waals surface area (Å²) in [5, 5.41) is 21.1. The molecule has 0 saturated carbocycles. The van der Waals surface area contributed by atoms with E-state index in [1.807, 2.05) is 81.6 Å². The third-order valence-electron chi connectivity index (χ3n) is 6.14. The largest absolute Gasteiger partial charge is 0.508 e. The van der Waals surface area contributed by atoms with Crippen LogP contribution in [0.4, 0.5) is 11.4 Å². The SMILES string of the molecule is CC(=Nc1cc(C(=O)Nc2ccc(O)cc2)ccc1C)c1cccc(Oc2ccccc2)c1.CC(C)CPN.CCCNC.N=CN. The molecule has 8 N–H and O–H groups in total. The van der Waals surface area contributed by atoms with Gasteiger partial charge in [0, 0.05) is 17.0 Å². The molecule has 4 aromatic carbocycles. The zero-order chi connectivity index (χ0) is 35.0. The van der Waals surface area contributed by atoms with Crippen LogP contribution in [0.25, 0.3) is 0 Å². The van der Waals surface area contributed by atoms with E-state index in [4.69, 9.17) is 20.6 Å². The van der Waals surface area contributed by atoms with Crippen molar-refractivity contribution in [2.75, 3.05) is 25.1 Å². The van der Waals surface area contributed by atoms with Crippen molar-refractivity contribution < 1.29 is 14.6 Å². The van der Waals surface area contributed by atoms with E-state index < -0.39 is 0 Å². The average Bonchev–Trinajstić information content (AvgIpc) is 3.05. The molecule has 1 unspecified atom stereocenters. The van der Waals surface area contributed by atoms with Crippen molar-refractivity contribution in [2.24, 2.45) is 22.1 Å². The van der Waals surface area contributed by atoms with Gasteiger partial charge in [0.05, 0.1) is 12.0 Å². The van der Waals surface area contributed by atoms with Gasteiger partial charge in [-0.1, -0.05) is 65.9 Å². The number of carbonyl (C=O) groups excluding carboxylic acids is 1. The fourth-order valence-corrected chi connectivity index (χ4v) is 4.23. The average molecular weight is 659 g/mol. The van der Waals surface area contributed by atoms with Gasteiger partial charge in [0.25, 0.3) is 5.91 Å². The smallest absolute Gasteiger partial charge is 0.255 e. The van der Waals surface area contributed by atoms with Crippen LogP contribution in [0.1, 0.15) is 55.6 Å². The maximum Gasteiger partial charge on any atom is 0.255 e. The van der Waals surface area contributed by atoms with Gasteiger partial charge in [0.2, 0.25) is 0 Å². The molecule has 0 fully saturated rings. The minimum absolute atomic E-state index is 0.147. The number of ether oxygens (including phenoxy) is 1. The zero-order valence-corrected chi connectivity index (χ0v) is 29.4. The van der Waals surface area contributed by atoms with Crippen LogP contribution in [0.2, 0.25) is 0 Å². The third-order valence-corrected chi connectivity index (χ3v) is 7.19. The van der Waals surface area contributed by atoms with Crippen molar-refractivity contribution in [3.8, 4) is 17.2 Å². The minimum Gasteiger partial charge on any atom is -0.508 e. The molecule has 0 saturated heterocycles. The first-order valence-electron chi connectivity index (χ1n) is 15.5. The molecule has 9 nitrogen and oxygen atoms in total. The number of carbonyl (C=O) groups is 1. The predicted octanol–water partition coefficient (Wildman–Crippen LogP) is 8.25. The highest BCUT2D eigenvalue weighted by molar-refractivity contribution is 7.35. The van der Waals surface area contributed by atoms with Gasteiger partial charge in [0.15, 0.2) is 0 Å². The molecule has 10 heteroatoms. The number of para-hydroxylation sites is 1. The van der Waals surface area contributed by atoms with Crippen molar-refractivity contribution in [2.45, 2.75) is 41.0 Å². The van der Waals surface area contributed by atoms with Crippen LogP contribution in [0.15, 0.2) is 102 Å². The number of nitrogens with one attached hydrogen (secondary N) is 3. The number of amides is 1. The second-order valence-electron chi connectivity index (χ2n) is 10.7. The molecule has 0 radical (unpaired) electrons. The molecule has 4 rings (SSSR count). The Bertz CT molecular complexity index is 1490. The zero-order valence-electron chi connectivity index (χ0n) is 28.4. The van der Waals surface area contributed by atoms with Gasteiger partial charge in [-0.3, -0.25) is 15.2 Å². The highest BCUT2D eigenvalue weighted by Crippen LogP contribution is 2.25. The lowest BCUT2D eigenvalue weighted by Gasteiger charge is -2.10. The van der Waals surface area contributed by atoms with Crippen LogP contribution >= 0.6 is 8.73 Å². The molecule has 0 heterocycles. The molecule has 4 aromatic rings. The Kier molecular flexibility index (Phi) is 20.4. The maximum atomic E-state index is 12.7. The Morgan fingerprint density at radius 2 is 1.62 bits per heavy atom. The van der Waals surface area contributed by atoms with Crippen LogP contribution in [0, 0.1) is 18.3 Å². The molecule has 1 amide bonds. The molecule has 0 spiro atoms. The lowest BCUT2D eigenvalue weighted by Crippen LogP contribution is -2.11. The summed E-state index contributed by atoms with van der Waals surface area (Å²) in [5.74, 6) is 2.19. The second-order valence-corrected chi connectivity index (χ2v) is 11.5. The van der Waals surface area contributed by atoms with Gasteiger partial charge < -0.3 is 31.7 Å². The van der Waals surface area contributed by atoms with Crippen molar-refractivity contribution in [3.63, 3.8) is 0 Å². The Morgan fingerprint density at radius 3 is 2.15 bits per heavy atom. The van der Waals surface area contributed by atoms with E-state index in [9.17, 15) is 9.90 Å². The molecule has 252 valence electrons. The number of aromatic hydroxyl groups is 1. The number of rotatable bonds is 10. The van der Waals surface area contributed by atoms with Gasteiger partial charge in [-0.25, -0.2) is 0 Å². The first kappa shape index (κ1) is 40.5. The quantitative estimate of drug-likeness (QED) is 0.0436. The van der Waals surface area contributed by atoms with Crippen LogP contribution in [0.5, 0.6) is 17.2 Å². The number of hydrogen-bond acceptors (Lipinski definition) is 7. The van der Waals surface area contributed by atoms with Crippen LogP contribution in [-0.4, -0.2) is 42.8 Å². The van der Waals surface area contributed by atoms with Crippen molar-refractivity contribution >= 4 is 38.1 Å². The van der Waals surface area contributed by atoms with Crippen LogP contribution in [0.3, 0.4) is 0 Å². The first-order valence-corrected chi connectivity index (χ1v) is 16.7. The Morgan fingerprint density at radius 1 is 0.979 bits per heavy atom. The lowest BCUT2D eigenvalue weighted by atomic mass is 10.1. The summed E-state index contributed by atoms with van der Waals surface area (Å²) < 4.78 is 5.93. The van der Waals surface area contributed by atoms with E-state index in [0.717, 1.165) is 52.8 Å². The fraction of sp³-hybridized carbons (Fsp3) is 0.270. The van der Waals surface area contributed by atoms with E-state index in [0.29, 0.717) is 20.0 Å². The molecule has 0 bridgehead atoms. The lowest BCUT2D eigenvalue weighted by molar-refractivity contribution is 0.102. The maximum absolute atomic E-state index is 12.7. The number of anilines is 1. The van der Waals surface area contributed by atoms with Gasteiger partial charge >= 0.3 is 0 Å². The number of phenols is 1. The molecule has 47 heavy (non-hydrogen) atoms. The first-order chi connectivity index (χ1) is 22.6. The normalized spacial score (nSPS) is 10.5. The van der Waals surface area contributed by atoms with E-state index >= 15 is 0 Å². The number of nitrogens with zero attached hydrogens (tertiary/aromatic N) is 1. The third kappa shape index (κ3) is 17.1. The standard InChI is InChI=1S/C28H24N2O3.C4H12NP.C4H11N.CH4N2/c1-19-11-12-22(28(32)30-23-13-15-24(31)16-14-23)18-27(19)29-20(2)21-7-6-10-26(17-21)33-25-8-4-3-5-9-25;1-4(2)3-6-5;1-3-4-5-2;2-1-3/h3-18,31H,1-2H3,(H,30,32);4,6H,3,5H2,1-2H3;5H,3-4H2,1-2H3;1H,(H3,2,3). The van der Waals surface area contributed by atoms with E-state index in [-0.39, 0.29) is 11.7 Å². The number of phenolic OH excluding ortho intramolecular Hbond substituents is 1. The summed E-state index contributed by atoms with van der Waals surface area (Å²) in [5.41, 5.74) is 14.2. The molecule has 0 aliphatic carbocycles. The topological polar surface area (TPSA) is 159 Å². The summed E-state index contributed by atoms with van der Waals surface area (Å²) in [6, 6.07) is 29.2. The summed E-state index contributed by atoms with van der Waals surface area (Å²) >= 11 is 0. The summed E-state index contributed by atoms with van der Waals surface area (Å²) in [4.78, 5) is 17.5. The number of aryl methyl sites for hydroxylation is 1. The Labute approximate surface area is 282 Å². The highest BCUT2D eigenvalue weighted by atomic mass is 31.1. The number of benzene rings is 4. The molecule has 0 aromatic heterocycles. The van der Waals surface area contributed by atoms with E-state index in [2.05, 4.69) is 37.1 Å². The molecular weight excluding hydrogens is 607 g/mol. The van der Waals surface area contributed by atoms with Gasteiger partial charge in [-0.05, 0) is 118 Å². The second kappa shape index (κ2) is 23.7. The van der Waals surface area contributed by atoms with Crippen molar-refractivity contribution in [3.05, 3.63) is 114 Å². The molecular formula is C37H51N6O3P. The van der Waals surface area contributed by atoms with Crippen LogP contribution < -0.4 is 26.6 Å². The summed E-state index contributed by atoms with van der Waals surface area (Å²) in [6.45, 7) is 11.5. The molecule has 0 aliphatic rings. The van der Waals surface area contributed by atoms with E-state index in [1.54, 1.807) is 24.3 Å². The molecule has 1 atom stereocenters. The predicted molar refractivity (Wildman–Crippen MR) is 201 cm³/mol. The van der Waals surface area contributed by atoms with Gasteiger partial charge in [0.1, 0.15) is 17.2 Å². The highest BCUT2D eigenvalue weighted by Gasteiger charge is 2.10. The number of hydrogen-bond donors (Lipinski definition) is 6. The van der Waals surface area contributed by atoms with Crippen LogP contribution in [-0.2, 0) is 0 Å². The summed E-state index contributed by atoms with van der Waals surface area (Å²) in [6.07, 6.45) is 3.16.